The highest BCUT2D eigenvalue weighted by Crippen LogP contribution is 2.54. The molecule has 2 aromatic heterocycles. The Morgan fingerprint density at radius 1 is 0.672 bits per heavy atom. The van der Waals surface area contributed by atoms with Crippen molar-refractivity contribution in [2.45, 2.75) is 82.2 Å². The summed E-state index contributed by atoms with van der Waals surface area (Å²) in [5.74, 6) is -0.974. The number of fused-ring (bicyclic) bond motifs is 6. The SMILES string of the molecule is CCCn1cc(N2C(=O)C3(Cc4ccc(CCCCn5cc(N6C(=O)C7(Cc8ccc(C(=O)O)cc8C7)c7ccc(Cl)cc76)cn5)cc4C3)c3ccc(Cl)cc32)cn1. The number of unbranched alkanes of at least 4 members (excludes halogenated alkanes) is 1. The second-order valence-corrected chi connectivity index (χ2v) is 17.1. The van der Waals surface area contributed by atoms with Gasteiger partial charge in [-0.05, 0) is 127 Å². The second kappa shape index (κ2) is 13.7. The van der Waals surface area contributed by atoms with Gasteiger partial charge in [-0.1, -0.05) is 66.5 Å². The molecule has 2 unspecified atom stereocenters. The van der Waals surface area contributed by atoms with Crippen LogP contribution in [0.25, 0.3) is 0 Å². The van der Waals surface area contributed by atoms with Gasteiger partial charge < -0.3 is 5.11 Å². The molecular formula is C46H40Cl2N6O4. The predicted molar refractivity (Wildman–Crippen MR) is 223 cm³/mol. The Hall–Kier alpha value is -5.71. The number of carbonyl (C=O) groups excluding carboxylic acids is 2. The van der Waals surface area contributed by atoms with Crippen molar-refractivity contribution in [2.24, 2.45) is 0 Å². The monoisotopic (exact) mass is 810 g/mol. The Labute approximate surface area is 345 Å². The lowest BCUT2D eigenvalue weighted by atomic mass is 9.79. The fourth-order valence-corrected chi connectivity index (χ4v) is 10.3. The molecule has 4 aliphatic rings. The van der Waals surface area contributed by atoms with Crippen LogP contribution in [-0.4, -0.2) is 42.5 Å². The molecule has 1 N–H and O–H groups in total. The zero-order chi connectivity index (χ0) is 39.9. The maximum Gasteiger partial charge on any atom is 0.335 e. The summed E-state index contributed by atoms with van der Waals surface area (Å²) >= 11 is 13.0. The summed E-state index contributed by atoms with van der Waals surface area (Å²) in [6.07, 6.45) is 13.2. The maximum absolute atomic E-state index is 14.5. The topological polar surface area (TPSA) is 114 Å². The van der Waals surface area contributed by atoms with E-state index in [1.807, 2.05) is 69.1 Å². The number of nitrogens with zero attached hydrogens (tertiary/aromatic N) is 6. The average Bonchev–Trinajstić information content (AvgIpc) is 4.06. The lowest BCUT2D eigenvalue weighted by molar-refractivity contribution is -0.122. The minimum Gasteiger partial charge on any atom is -0.478 e. The van der Waals surface area contributed by atoms with Crippen LogP contribution in [-0.2, 0) is 65.6 Å². The summed E-state index contributed by atoms with van der Waals surface area (Å²) in [7, 11) is 0. The van der Waals surface area contributed by atoms with E-state index in [1.54, 1.807) is 29.4 Å². The quantitative estimate of drug-likeness (QED) is 0.138. The van der Waals surface area contributed by atoms with E-state index in [9.17, 15) is 19.5 Å². The third kappa shape index (κ3) is 5.71. The first kappa shape index (κ1) is 36.6. The molecule has 4 heterocycles. The molecule has 6 aromatic rings. The van der Waals surface area contributed by atoms with Gasteiger partial charge in [-0.2, -0.15) is 10.2 Å². The van der Waals surface area contributed by atoms with Crippen LogP contribution in [0.1, 0.15) is 75.5 Å². The Balaban J connectivity index is 0.817. The van der Waals surface area contributed by atoms with Crippen LogP contribution in [0.3, 0.4) is 0 Å². The average molecular weight is 812 g/mol. The molecule has 2 aliphatic heterocycles. The Bertz CT molecular complexity index is 2700. The standard InChI is InChI=1S/C46H40Cl2N6O4/c1-2-14-51-26-36(24-49-51)53-40-18-34(47)10-12-38(40)45(43(53)57)20-30-7-6-28(16-32(30)22-45)5-3-4-15-52-27-37(25-50-52)54-41-19-35(48)11-13-39(41)46(44(54)58)21-31-9-8-29(42(55)56)17-33(31)23-46/h6-13,16-19,24-27H,2-5,14-15,20-23H2,1H3,(H,55,56). The molecule has 0 saturated carbocycles. The van der Waals surface area contributed by atoms with Gasteiger partial charge in [0, 0.05) is 35.5 Å². The maximum atomic E-state index is 14.5. The molecular weight excluding hydrogens is 771 g/mol. The van der Waals surface area contributed by atoms with Gasteiger partial charge >= 0.3 is 5.97 Å². The number of hydrogen-bond acceptors (Lipinski definition) is 5. The van der Waals surface area contributed by atoms with Gasteiger partial charge in [0.05, 0.1) is 51.5 Å². The van der Waals surface area contributed by atoms with E-state index in [0.717, 1.165) is 71.5 Å². The normalized spacial score (nSPS) is 20.1. The largest absolute Gasteiger partial charge is 0.478 e. The first-order valence-corrected chi connectivity index (χ1v) is 20.6. The van der Waals surface area contributed by atoms with Crippen molar-refractivity contribution in [3.8, 4) is 0 Å². The number of benzene rings is 4. The van der Waals surface area contributed by atoms with Crippen molar-refractivity contribution >= 4 is 63.7 Å². The molecule has 0 fully saturated rings. The fraction of sp³-hybridized carbons (Fsp3) is 0.283. The number of anilines is 4. The molecule has 0 radical (unpaired) electrons. The lowest BCUT2D eigenvalue weighted by Gasteiger charge is -2.23. The molecule has 58 heavy (non-hydrogen) atoms. The minimum atomic E-state index is -0.984. The number of hydrogen-bond donors (Lipinski definition) is 1. The molecule has 10 nitrogen and oxygen atoms in total. The third-order valence-corrected chi connectivity index (χ3v) is 13.1. The summed E-state index contributed by atoms with van der Waals surface area (Å²) in [4.78, 5) is 44.2. The van der Waals surface area contributed by atoms with Crippen molar-refractivity contribution in [3.63, 3.8) is 0 Å². The number of halogens is 2. The number of carbonyl (C=O) groups is 3. The molecule has 2 aliphatic carbocycles. The number of carboxylic acid groups (broad SMARTS) is 1. The first-order valence-electron chi connectivity index (χ1n) is 19.9. The van der Waals surface area contributed by atoms with E-state index < -0.39 is 16.8 Å². The Morgan fingerprint density at radius 3 is 1.78 bits per heavy atom. The van der Waals surface area contributed by atoms with Crippen LogP contribution in [0, 0.1) is 0 Å². The van der Waals surface area contributed by atoms with Crippen LogP contribution >= 0.6 is 23.2 Å². The summed E-state index contributed by atoms with van der Waals surface area (Å²) in [6.45, 7) is 3.58. The number of amides is 2. The van der Waals surface area contributed by atoms with Gasteiger partial charge in [0.2, 0.25) is 11.8 Å². The van der Waals surface area contributed by atoms with Crippen molar-refractivity contribution in [2.75, 3.05) is 9.80 Å². The van der Waals surface area contributed by atoms with E-state index in [1.165, 1.54) is 16.7 Å². The fourth-order valence-electron chi connectivity index (χ4n) is 9.97. The number of carboxylic acids is 1. The van der Waals surface area contributed by atoms with Gasteiger partial charge in [0.1, 0.15) is 0 Å². The molecule has 0 bridgehead atoms. The summed E-state index contributed by atoms with van der Waals surface area (Å²) in [5.41, 5.74) is 9.17. The predicted octanol–water partition coefficient (Wildman–Crippen LogP) is 8.95. The minimum absolute atomic E-state index is 0.0573. The number of aromatic carboxylic acids is 1. The van der Waals surface area contributed by atoms with Crippen LogP contribution in [0.2, 0.25) is 10.0 Å². The number of aromatic nitrogens is 4. The van der Waals surface area contributed by atoms with E-state index in [4.69, 9.17) is 23.2 Å². The second-order valence-electron chi connectivity index (χ2n) is 16.2. The van der Waals surface area contributed by atoms with Crippen LogP contribution in [0.4, 0.5) is 22.7 Å². The highest BCUT2D eigenvalue weighted by Gasteiger charge is 2.56. The van der Waals surface area contributed by atoms with Crippen LogP contribution in [0.5, 0.6) is 0 Å². The highest BCUT2D eigenvalue weighted by molar-refractivity contribution is 6.32. The molecule has 0 saturated heterocycles. The Kier molecular flexibility index (Phi) is 8.65. The van der Waals surface area contributed by atoms with Crippen molar-refractivity contribution < 1.29 is 19.5 Å². The van der Waals surface area contributed by atoms with Crippen molar-refractivity contribution in [3.05, 3.63) is 152 Å². The van der Waals surface area contributed by atoms with Gasteiger partial charge in [-0.3, -0.25) is 28.8 Å². The highest BCUT2D eigenvalue weighted by atomic mass is 35.5. The molecule has 2 spiro atoms. The van der Waals surface area contributed by atoms with Crippen molar-refractivity contribution in [1.82, 2.24) is 19.6 Å². The molecule has 292 valence electrons. The van der Waals surface area contributed by atoms with E-state index in [2.05, 4.69) is 35.3 Å². The number of aryl methyl sites for hydroxylation is 3. The summed E-state index contributed by atoms with van der Waals surface area (Å²) < 4.78 is 3.77. The van der Waals surface area contributed by atoms with E-state index in [0.29, 0.717) is 48.0 Å². The molecule has 12 heteroatoms. The zero-order valence-electron chi connectivity index (χ0n) is 31.9. The molecule has 2 atom stereocenters. The molecule has 10 rings (SSSR count). The zero-order valence-corrected chi connectivity index (χ0v) is 33.4. The Morgan fingerprint density at radius 2 is 1.21 bits per heavy atom. The van der Waals surface area contributed by atoms with E-state index in [-0.39, 0.29) is 17.4 Å². The molecule has 4 aromatic carbocycles. The summed E-state index contributed by atoms with van der Waals surface area (Å²) in [5, 5.41) is 19.9. The van der Waals surface area contributed by atoms with Gasteiger partial charge in [-0.15, -0.1) is 0 Å². The van der Waals surface area contributed by atoms with Gasteiger partial charge in [0.15, 0.2) is 0 Å². The van der Waals surface area contributed by atoms with Crippen molar-refractivity contribution in [1.29, 1.82) is 0 Å². The lowest BCUT2D eigenvalue weighted by Crippen LogP contribution is -2.39. The molecule has 2 amide bonds. The number of rotatable bonds is 10. The van der Waals surface area contributed by atoms with Crippen LogP contribution in [0.15, 0.2) is 97.6 Å². The van der Waals surface area contributed by atoms with Crippen LogP contribution < -0.4 is 9.80 Å². The summed E-state index contributed by atoms with van der Waals surface area (Å²) in [6, 6.07) is 23.2. The smallest absolute Gasteiger partial charge is 0.335 e. The van der Waals surface area contributed by atoms with E-state index >= 15 is 0 Å². The third-order valence-electron chi connectivity index (χ3n) is 12.7. The van der Waals surface area contributed by atoms with Gasteiger partial charge in [0.25, 0.3) is 0 Å². The van der Waals surface area contributed by atoms with Gasteiger partial charge in [-0.25, -0.2) is 4.79 Å². The first-order chi connectivity index (χ1) is 28.1.